The largest absolute Gasteiger partial charge is 0.465 e. The maximum absolute atomic E-state index is 12.3. The number of methoxy groups -OCH3 is 1. The first kappa shape index (κ1) is 18.4. The van der Waals surface area contributed by atoms with E-state index in [1.54, 1.807) is 0 Å². The number of esters is 1. The average molecular weight is 355 g/mol. The van der Waals surface area contributed by atoms with Gasteiger partial charge in [0.1, 0.15) is 9.09 Å². The Hall–Kier alpha value is -0.670. The molecule has 2 heterocycles. The van der Waals surface area contributed by atoms with E-state index in [1.165, 1.54) is 19.2 Å². The zero-order valence-electron chi connectivity index (χ0n) is 11.8. The molecule has 2 atom stereocenters. The predicted molar refractivity (Wildman–Crippen MR) is 83.7 cm³/mol. The van der Waals surface area contributed by atoms with Gasteiger partial charge in [-0.15, -0.1) is 23.7 Å². The number of hydrogen-bond acceptors (Lipinski definition) is 6. The molecule has 0 saturated carbocycles. The minimum absolute atomic E-state index is 0. The van der Waals surface area contributed by atoms with Gasteiger partial charge >= 0.3 is 5.97 Å². The summed E-state index contributed by atoms with van der Waals surface area (Å²) in [4.78, 5) is 11.6. The third-order valence-electron chi connectivity index (χ3n) is 3.30. The molecule has 120 valence electrons. The summed E-state index contributed by atoms with van der Waals surface area (Å²) in [5.41, 5.74) is 0. The van der Waals surface area contributed by atoms with Gasteiger partial charge in [-0.05, 0) is 38.4 Å². The lowest BCUT2D eigenvalue weighted by atomic mass is 10.0. The van der Waals surface area contributed by atoms with Gasteiger partial charge in [0.25, 0.3) is 0 Å². The van der Waals surface area contributed by atoms with Crippen molar-refractivity contribution in [3.63, 3.8) is 0 Å². The summed E-state index contributed by atoms with van der Waals surface area (Å²) >= 11 is 0.917. The van der Waals surface area contributed by atoms with Crippen molar-refractivity contribution in [1.82, 2.24) is 10.0 Å². The Labute approximate surface area is 134 Å². The number of halogens is 1. The minimum atomic E-state index is -3.59. The lowest BCUT2D eigenvalue weighted by Gasteiger charge is -2.30. The highest BCUT2D eigenvalue weighted by Gasteiger charge is 2.28. The number of rotatable bonds is 4. The van der Waals surface area contributed by atoms with E-state index in [0.717, 1.165) is 30.7 Å². The molecular formula is C12H19ClN2O4S2. The van der Waals surface area contributed by atoms with E-state index in [2.05, 4.69) is 14.8 Å². The summed E-state index contributed by atoms with van der Waals surface area (Å²) < 4.78 is 32.0. The first-order valence-electron chi connectivity index (χ1n) is 6.38. The third kappa shape index (κ3) is 4.40. The zero-order valence-corrected chi connectivity index (χ0v) is 14.2. The lowest BCUT2D eigenvalue weighted by molar-refractivity contribution is 0.0606. The third-order valence-corrected chi connectivity index (χ3v) is 6.35. The monoisotopic (exact) mass is 354 g/mol. The molecule has 1 aliphatic heterocycles. The number of carbonyl (C=O) groups excluding carboxylic acids is 1. The van der Waals surface area contributed by atoms with Crippen molar-refractivity contribution in [1.29, 1.82) is 0 Å². The highest BCUT2D eigenvalue weighted by Crippen LogP contribution is 2.23. The maximum Gasteiger partial charge on any atom is 0.348 e. The van der Waals surface area contributed by atoms with Crippen LogP contribution in [0.15, 0.2) is 16.3 Å². The van der Waals surface area contributed by atoms with E-state index in [9.17, 15) is 13.2 Å². The lowest BCUT2D eigenvalue weighted by Crippen LogP contribution is -2.51. The Bertz CT molecular complexity index is 588. The first-order valence-corrected chi connectivity index (χ1v) is 8.68. The Morgan fingerprint density at radius 3 is 2.81 bits per heavy atom. The molecule has 2 rings (SSSR count). The van der Waals surface area contributed by atoms with Crippen LogP contribution in [0.4, 0.5) is 0 Å². The van der Waals surface area contributed by atoms with Gasteiger partial charge in [-0.1, -0.05) is 0 Å². The van der Waals surface area contributed by atoms with Crippen LogP contribution in [-0.4, -0.2) is 40.1 Å². The van der Waals surface area contributed by atoms with E-state index in [4.69, 9.17) is 0 Å². The van der Waals surface area contributed by atoms with E-state index in [0.29, 0.717) is 0 Å². The van der Waals surface area contributed by atoms with Gasteiger partial charge in [-0.3, -0.25) is 0 Å². The molecule has 0 spiro atoms. The van der Waals surface area contributed by atoms with Crippen LogP contribution in [0.5, 0.6) is 0 Å². The number of piperidine rings is 1. The number of sulfonamides is 1. The maximum atomic E-state index is 12.3. The second-order valence-electron chi connectivity index (χ2n) is 4.72. The molecule has 0 amide bonds. The number of thiophene rings is 1. The van der Waals surface area contributed by atoms with Gasteiger partial charge in [0.05, 0.1) is 7.11 Å². The van der Waals surface area contributed by atoms with Gasteiger partial charge in [0.15, 0.2) is 0 Å². The molecule has 1 aromatic heterocycles. The van der Waals surface area contributed by atoms with Crippen LogP contribution in [-0.2, 0) is 14.8 Å². The molecule has 0 aliphatic carbocycles. The first-order chi connectivity index (χ1) is 9.44. The Morgan fingerprint density at radius 2 is 2.19 bits per heavy atom. The fourth-order valence-electron chi connectivity index (χ4n) is 2.14. The van der Waals surface area contributed by atoms with E-state index >= 15 is 0 Å². The summed E-state index contributed by atoms with van der Waals surface area (Å²) in [5, 5.41) is 3.24. The quantitative estimate of drug-likeness (QED) is 0.798. The van der Waals surface area contributed by atoms with Gasteiger partial charge in [0, 0.05) is 12.1 Å². The smallest absolute Gasteiger partial charge is 0.348 e. The van der Waals surface area contributed by atoms with Gasteiger partial charge < -0.3 is 10.1 Å². The summed E-state index contributed by atoms with van der Waals surface area (Å²) in [7, 11) is -2.33. The molecule has 2 N–H and O–H groups in total. The van der Waals surface area contributed by atoms with Crippen molar-refractivity contribution >= 4 is 39.7 Å². The molecule has 0 radical (unpaired) electrons. The Morgan fingerprint density at radius 1 is 1.48 bits per heavy atom. The number of ether oxygens (including phenoxy) is 1. The normalized spacial score (nSPS) is 22.4. The van der Waals surface area contributed by atoms with Crippen molar-refractivity contribution in [2.24, 2.45) is 0 Å². The molecule has 2 unspecified atom stereocenters. The Kier molecular flexibility index (Phi) is 6.61. The van der Waals surface area contributed by atoms with Crippen LogP contribution in [0.1, 0.15) is 29.4 Å². The molecule has 6 nitrogen and oxygen atoms in total. The summed E-state index contributed by atoms with van der Waals surface area (Å²) in [5.74, 6) is -0.524. The second kappa shape index (κ2) is 7.55. The van der Waals surface area contributed by atoms with E-state index in [-0.39, 0.29) is 33.6 Å². The van der Waals surface area contributed by atoms with Crippen molar-refractivity contribution in [3.8, 4) is 0 Å². The second-order valence-corrected chi connectivity index (χ2v) is 7.75. The molecule has 0 aromatic carbocycles. The van der Waals surface area contributed by atoms with Crippen molar-refractivity contribution in [2.45, 2.75) is 36.1 Å². The fraction of sp³-hybridized carbons (Fsp3) is 0.583. The topological polar surface area (TPSA) is 84.5 Å². The summed E-state index contributed by atoms with van der Waals surface area (Å²) in [6, 6.07) is 2.87. The van der Waals surface area contributed by atoms with Gasteiger partial charge in [0.2, 0.25) is 10.0 Å². The summed E-state index contributed by atoms with van der Waals surface area (Å²) in [6.45, 7) is 2.87. The van der Waals surface area contributed by atoms with Crippen LogP contribution >= 0.6 is 23.7 Å². The Balaban J connectivity index is 0.00000220. The molecule has 0 bridgehead atoms. The van der Waals surface area contributed by atoms with Crippen molar-refractivity contribution in [3.05, 3.63) is 17.0 Å². The molecular weight excluding hydrogens is 336 g/mol. The minimum Gasteiger partial charge on any atom is -0.465 e. The number of nitrogens with one attached hydrogen (secondary N) is 2. The van der Waals surface area contributed by atoms with Gasteiger partial charge in [-0.25, -0.2) is 17.9 Å². The SMILES string of the molecule is COC(=O)c1ccc(S(=O)(=O)NC2CCCNC2C)s1.Cl. The molecule has 1 aliphatic rings. The fourth-order valence-corrected chi connectivity index (χ4v) is 4.73. The van der Waals surface area contributed by atoms with Crippen LogP contribution in [0.25, 0.3) is 0 Å². The number of carbonyl (C=O) groups is 1. The molecule has 1 aromatic rings. The predicted octanol–water partition coefficient (Wildman–Crippen LogP) is 1.38. The van der Waals surface area contributed by atoms with Crippen LogP contribution in [0.2, 0.25) is 0 Å². The van der Waals surface area contributed by atoms with Crippen molar-refractivity contribution in [2.75, 3.05) is 13.7 Å². The van der Waals surface area contributed by atoms with Crippen LogP contribution < -0.4 is 10.0 Å². The van der Waals surface area contributed by atoms with Crippen molar-refractivity contribution < 1.29 is 17.9 Å². The molecule has 21 heavy (non-hydrogen) atoms. The molecule has 1 fully saturated rings. The zero-order chi connectivity index (χ0) is 14.8. The molecule has 9 heteroatoms. The molecule has 1 saturated heterocycles. The highest BCUT2D eigenvalue weighted by molar-refractivity contribution is 7.91. The summed E-state index contributed by atoms with van der Waals surface area (Å²) in [6.07, 6.45) is 1.75. The van der Waals surface area contributed by atoms with E-state index < -0.39 is 16.0 Å². The highest BCUT2D eigenvalue weighted by atomic mass is 35.5. The average Bonchev–Trinajstić information content (AvgIpc) is 2.91. The van der Waals surface area contributed by atoms with Gasteiger partial charge in [-0.2, -0.15) is 0 Å². The van der Waals surface area contributed by atoms with Crippen LogP contribution in [0.3, 0.4) is 0 Å². The standard InChI is InChI=1S/C12H18N2O4S2.ClH/c1-8-9(4-3-7-13-8)14-20(16,17)11-6-5-10(19-11)12(15)18-2;/h5-6,8-9,13-14H,3-4,7H2,1-2H3;1H. The van der Waals surface area contributed by atoms with Crippen LogP contribution in [0, 0.1) is 0 Å². The number of hydrogen-bond donors (Lipinski definition) is 2. The van der Waals surface area contributed by atoms with E-state index in [1.807, 2.05) is 6.92 Å².